The Labute approximate surface area is 181 Å². The van der Waals surface area contributed by atoms with Gasteiger partial charge in [0.25, 0.3) is 15.9 Å². The first-order chi connectivity index (χ1) is 14.8. The molecule has 0 saturated heterocycles. The molecule has 31 heavy (non-hydrogen) atoms. The number of hydrogen-bond donors (Lipinski definition) is 2. The number of rotatable bonds is 7. The van der Waals surface area contributed by atoms with E-state index in [1.165, 1.54) is 24.4 Å². The standard InChI is InChI=1S/C23H23N3O4S/c1-17-12-13-18(2)21(14-17)26(31(29,30)20-9-4-3-5-10-20)16-23(28)25-24-15-19-8-6-7-11-22(19)27/h3-15,27H,16H2,1-2H3,(H,25,28). The lowest BCUT2D eigenvalue weighted by Crippen LogP contribution is -2.40. The second kappa shape index (κ2) is 9.44. The Morgan fingerprint density at radius 1 is 1.03 bits per heavy atom. The van der Waals surface area contributed by atoms with Crippen molar-refractivity contribution < 1.29 is 18.3 Å². The topological polar surface area (TPSA) is 99.1 Å². The lowest BCUT2D eigenvalue weighted by atomic mass is 10.1. The number of phenolic OH excluding ortho intramolecular Hbond substituents is 1. The van der Waals surface area contributed by atoms with Crippen molar-refractivity contribution in [3.63, 3.8) is 0 Å². The normalized spacial score (nSPS) is 11.4. The van der Waals surface area contributed by atoms with Gasteiger partial charge in [-0.15, -0.1) is 0 Å². The second-order valence-corrected chi connectivity index (χ2v) is 8.83. The lowest BCUT2D eigenvalue weighted by molar-refractivity contribution is -0.119. The van der Waals surface area contributed by atoms with Gasteiger partial charge in [0.2, 0.25) is 0 Å². The number of benzene rings is 3. The van der Waals surface area contributed by atoms with Crippen LogP contribution in [0.25, 0.3) is 0 Å². The smallest absolute Gasteiger partial charge is 0.264 e. The van der Waals surface area contributed by atoms with Crippen molar-refractivity contribution in [2.75, 3.05) is 10.8 Å². The van der Waals surface area contributed by atoms with E-state index in [9.17, 15) is 18.3 Å². The summed E-state index contributed by atoms with van der Waals surface area (Å²) in [6.45, 7) is 3.18. The van der Waals surface area contributed by atoms with Crippen LogP contribution in [0, 0.1) is 13.8 Å². The van der Waals surface area contributed by atoms with E-state index in [2.05, 4.69) is 10.5 Å². The predicted molar refractivity (Wildman–Crippen MR) is 121 cm³/mol. The zero-order valence-electron chi connectivity index (χ0n) is 17.2. The molecule has 0 aliphatic rings. The summed E-state index contributed by atoms with van der Waals surface area (Å²) in [5.74, 6) is -0.601. The Kier molecular flexibility index (Phi) is 6.71. The minimum Gasteiger partial charge on any atom is -0.507 e. The van der Waals surface area contributed by atoms with Gasteiger partial charge in [-0.05, 0) is 55.3 Å². The molecule has 0 spiro atoms. The van der Waals surface area contributed by atoms with Crippen LogP contribution >= 0.6 is 0 Å². The number of amides is 1. The molecule has 3 aromatic carbocycles. The minimum absolute atomic E-state index is 0.0177. The third kappa shape index (κ3) is 5.29. The highest BCUT2D eigenvalue weighted by Gasteiger charge is 2.28. The van der Waals surface area contributed by atoms with Crippen molar-refractivity contribution in [3.05, 3.63) is 89.5 Å². The second-order valence-electron chi connectivity index (χ2n) is 6.97. The summed E-state index contributed by atoms with van der Waals surface area (Å²) in [4.78, 5) is 12.7. The summed E-state index contributed by atoms with van der Waals surface area (Å²) < 4.78 is 27.8. The van der Waals surface area contributed by atoms with E-state index in [-0.39, 0.29) is 10.6 Å². The van der Waals surface area contributed by atoms with E-state index >= 15 is 0 Å². The van der Waals surface area contributed by atoms with Crippen molar-refractivity contribution >= 4 is 27.8 Å². The van der Waals surface area contributed by atoms with Gasteiger partial charge in [0.05, 0.1) is 16.8 Å². The molecule has 160 valence electrons. The maximum absolute atomic E-state index is 13.3. The average Bonchev–Trinajstić information content (AvgIpc) is 2.76. The molecule has 0 radical (unpaired) electrons. The Morgan fingerprint density at radius 3 is 2.42 bits per heavy atom. The van der Waals surface area contributed by atoms with Gasteiger partial charge >= 0.3 is 0 Å². The van der Waals surface area contributed by atoms with Crippen LogP contribution in [-0.2, 0) is 14.8 Å². The number of carbonyl (C=O) groups is 1. The zero-order chi connectivity index (χ0) is 22.4. The van der Waals surface area contributed by atoms with Gasteiger partial charge < -0.3 is 5.11 Å². The highest BCUT2D eigenvalue weighted by atomic mass is 32.2. The number of phenols is 1. The molecule has 3 rings (SSSR count). The van der Waals surface area contributed by atoms with Crippen molar-refractivity contribution in [3.8, 4) is 5.75 Å². The molecule has 0 aromatic heterocycles. The largest absolute Gasteiger partial charge is 0.507 e. The van der Waals surface area contributed by atoms with Crippen LogP contribution in [0.5, 0.6) is 5.75 Å². The molecule has 0 atom stereocenters. The van der Waals surface area contributed by atoms with Gasteiger partial charge in [-0.2, -0.15) is 5.10 Å². The number of aryl methyl sites for hydroxylation is 2. The monoisotopic (exact) mass is 437 g/mol. The summed E-state index contributed by atoms with van der Waals surface area (Å²) in [6, 6.07) is 19.9. The highest BCUT2D eigenvalue weighted by Crippen LogP contribution is 2.27. The number of anilines is 1. The number of nitrogens with zero attached hydrogens (tertiary/aromatic N) is 2. The Morgan fingerprint density at radius 2 is 1.71 bits per heavy atom. The molecule has 0 aliphatic carbocycles. The van der Waals surface area contributed by atoms with Crippen LogP contribution in [0.4, 0.5) is 5.69 Å². The van der Waals surface area contributed by atoms with E-state index in [1.807, 2.05) is 19.1 Å². The third-order valence-electron chi connectivity index (χ3n) is 4.58. The first-order valence-electron chi connectivity index (χ1n) is 9.54. The number of hydrazone groups is 1. The minimum atomic E-state index is -3.99. The van der Waals surface area contributed by atoms with Gasteiger partial charge in [-0.1, -0.05) is 42.5 Å². The molecule has 0 bridgehead atoms. The van der Waals surface area contributed by atoms with Crippen LogP contribution in [-0.4, -0.2) is 32.2 Å². The Hall–Kier alpha value is -3.65. The number of aromatic hydroxyl groups is 1. The van der Waals surface area contributed by atoms with E-state index in [1.54, 1.807) is 49.4 Å². The quantitative estimate of drug-likeness (QED) is 0.437. The summed E-state index contributed by atoms with van der Waals surface area (Å²) in [5.41, 5.74) is 4.76. The number of nitrogens with one attached hydrogen (secondary N) is 1. The zero-order valence-corrected chi connectivity index (χ0v) is 18.0. The van der Waals surface area contributed by atoms with Crippen LogP contribution in [0.15, 0.2) is 82.8 Å². The third-order valence-corrected chi connectivity index (χ3v) is 6.36. The molecule has 1 amide bonds. The maximum Gasteiger partial charge on any atom is 0.264 e. The van der Waals surface area contributed by atoms with Gasteiger partial charge in [0.15, 0.2) is 0 Å². The molecule has 8 heteroatoms. The summed E-state index contributed by atoms with van der Waals surface area (Å²) in [6.07, 6.45) is 1.29. The summed E-state index contributed by atoms with van der Waals surface area (Å²) in [5, 5.41) is 13.6. The van der Waals surface area contributed by atoms with Crippen LogP contribution in [0.1, 0.15) is 16.7 Å². The van der Waals surface area contributed by atoms with Crippen LogP contribution < -0.4 is 9.73 Å². The van der Waals surface area contributed by atoms with Gasteiger partial charge in [0, 0.05) is 5.56 Å². The van der Waals surface area contributed by atoms with Crippen molar-refractivity contribution in [2.24, 2.45) is 5.10 Å². The number of hydrogen-bond acceptors (Lipinski definition) is 5. The first kappa shape index (κ1) is 22.0. The molecule has 2 N–H and O–H groups in total. The summed E-state index contributed by atoms with van der Waals surface area (Å²) in [7, 11) is -3.99. The first-order valence-corrected chi connectivity index (χ1v) is 11.0. The fourth-order valence-corrected chi connectivity index (χ4v) is 4.44. The SMILES string of the molecule is Cc1ccc(C)c(N(CC(=O)NN=Cc2ccccc2O)S(=O)(=O)c2ccccc2)c1. The maximum atomic E-state index is 13.3. The van der Waals surface area contributed by atoms with Gasteiger partial charge in [0.1, 0.15) is 12.3 Å². The highest BCUT2D eigenvalue weighted by molar-refractivity contribution is 7.92. The Bertz CT molecular complexity index is 1210. The van der Waals surface area contributed by atoms with Crippen molar-refractivity contribution in [1.82, 2.24) is 5.43 Å². The number of sulfonamides is 1. The van der Waals surface area contributed by atoms with E-state index < -0.39 is 22.5 Å². The number of carbonyl (C=O) groups excluding carboxylic acids is 1. The van der Waals surface area contributed by atoms with Crippen molar-refractivity contribution in [1.29, 1.82) is 0 Å². The molecule has 3 aromatic rings. The van der Waals surface area contributed by atoms with Gasteiger partial charge in [-0.3, -0.25) is 9.10 Å². The molecule has 0 fully saturated rings. The predicted octanol–water partition coefficient (Wildman–Crippen LogP) is 3.35. The molecule has 0 aliphatic heterocycles. The lowest BCUT2D eigenvalue weighted by Gasteiger charge is -2.25. The van der Waals surface area contributed by atoms with Gasteiger partial charge in [-0.25, -0.2) is 13.8 Å². The molecule has 0 heterocycles. The molecular formula is C23H23N3O4S. The van der Waals surface area contributed by atoms with E-state index in [0.717, 1.165) is 15.4 Å². The number of para-hydroxylation sites is 1. The Balaban J connectivity index is 1.89. The van der Waals surface area contributed by atoms with Crippen molar-refractivity contribution in [2.45, 2.75) is 18.7 Å². The fraction of sp³-hybridized carbons (Fsp3) is 0.130. The molecule has 0 unspecified atom stereocenters. The molecule has 0 saturated carbocycles. The summed E-state index contributed by atoms with van der Waals surface area (Å²) >= 11 is 0. The van der Waals surface area contributed by atoms with E-state index in [4.69, 9.17) is 0 Å². The van der Waals surface area contributed by atoms with Crippen LogP contribution in [0.2, 0.25) is 0 Å². The van der Waals surface area contributed by atoms with E-state index in [0.29, 0.717) is 11.3 Å². The average molecular weight is 438 g/mol. The molecular weight excluding hydrogens is 414 g/mol. The fourth-order valence-electron chi connectivity index (χ4n) is 2.94. The van der Waals surface area contributed by atoms with Crippen LogP contribution in [0.3, 0.4) is 0 Å². The molecule has 7 nitrogen and oxygen atoms in total.